The van der Waals surface area contributed by atoms with Gasteiger partial charge in [0.2, 0.25) is 0 Å². The largest absolute Gasteiger partial charge is 0.352 e. The van der Waals surface area contributed by atoms with Gasteiger partial charge in [0.25, 0.3) is 5.91 Å². The predicted molar refractivity (Wildman–Crippen MR) is 160 cm³/mol. The van der Waals surface area contributed by atoms with Crippen LogP contribution in [0.5, 0.6) is 0 Å². The van der Waals surface area contributed by atoms with Crippen LogP contribution in [0.4, 0.5) is 0 Å². The molecule has 0 aliphatic carbocycles. The van der Waals surface area contributed by atoms with Crippen LogP contribution in [0.2, 0.25) is 10.0 Å². The quantitative estimate of drug-likeness (QED) is 0.235. The molecule has 0 saturated heterocycles. The lowest BCUT2D eigenvalue weighted by atomic mass is 9.88. The average molecular weight is 555 g/mol. The van der Waals surface area contributed by atoms with E-state index in [-0.39, 0.29) is 11.8 Å². The van der Waals surface area contributed by atoms with Crippen molar-refractivity contribution in [3.63, 3.8) is 0 Å². The van der Waals surface area contributed by atoms with E-state index < -0.39 is 6.04 Å². The minimum Gasteiger partial charge on any atom is -0.352 e. The molecule has 0 fully saturated rings. The molecule has 39 heavy (non-hydrogen) atoms. The van der Waals surface area contributed by atoms with E-state index in [1.165, 1.54) is 11.1 Å². The van der Waals surface area contributed by atoms with E-state index in [0.717, 1.165) is 23.2 Å². The van der Waals surface area contributed by atoms with Crippen molar-refractivity contribution in [3.8, 4) is 0 Å². The smallest absolute Gasteiger partial charge is 0.251 e. The van der Waals surface area contributed by atoms with Crippen LogP contribution in [-0.4, -0.2) is 18.3 Å². The van der Waals surface area contributed by atoms with Crippen LogP contribution in [0, 0.1) is 0 Å². The van der Waals surface area contributed by atoms with Crippen molar-refractivity contribution in [2.24, 2.45) is 4.99 Å². The van der Waals surface area contributed by atoms with E-state index >= 15 is 0 Å². The van der Waals surface area contributed by atoms with Crippen LogP contribution in [0.15, 0.2) is 125 Å². The van der Waals surface area contributed by atoms with Crippen molar-refractivity contribution in [3.05, 3.63) is 153 Å². The van der Waals surface area contributed by atoms with Gasteiger partial charge in [-0.1, -0.05) is 114 Å². The van der Waals surface area contributed by atoms with Gasteiger partial charge in [-0.05, 0) is 48.2 Å². The van der Waals surface area contributed by atoms with Crippen LogP contribution in [-0.2, 0) is 4.79 Å². The van der Waals surface area contributed by atoms with Gasteiger partial charge >= 0.3 is 0 Å². The molecule has 0 radical (unpaired) electrons. The highest BCUT2D eigenvalue weighted by atomic mass is 35.5. The molecule has 0 spiro atoms. The van der Waals surface area contributed by atoms with Crippen molar-refractivity contribution in [1.82, 2.24) is 10.6 Å². The van der Waals surface area contributed by atoms with Crippen molar-refractivity contribution < 1.29 is 4.79 Å². The number of hydrogen-bond acceptors (Lipinski definition) is 3. The molecule has 2 N–H and O–H groups in total. The molecule has 1 heterocycles. The van der Waals surface area contributed by atoms with E-state index in [0.29, 0.717) is 28.0 Å². The fourth-order valence-electron chi connectivity index (χ4n) is 5.01. The molecule has 4 nitrogen and oxygen atoms in total. The summed E-state index contributed by atoms with van der Waals surface area (Å²) in [5.41, 5.74) is 5.42. The number of nitrogens with one attached hydrogen (secondary N) is 2. The molecule has 1 aliphatic heterocycles. The first-order valence-corrected chi connectivity index (χ1v) is 13.7. The zero-order chi connectivity index (χ0) is 27.2. The Morgan fingerprint density at radius 3 is 1.95 bits per heavy atom. The summed E-state index contributed by atoms with van der Waals surface area (Å²) in [7, 11) is 0. The third-order valence-corrected chi connectivity index (χ3v) is 7.29. The fraction of sp³-hybridized carbons (Fsp3) is 0.152. The van der Waals surface area contributed by atoms with Crippen molar-refractivity contribution in [1.29, 1.82) is 0 Å². The SMILES string of the molecule is CC1=C(C(=O)NCCC(c2ccccc2)c2ccccc2)C(c2cc(Cl)cc(Cl)c2)N=C(c2ccccc2)N1. The van der Waals surface area contributed by atoms with Crippen LogP contribution in [0.3, 0.4) is 0 Å². The first-order valence-electron chi connectivity index (χ1n) is 12.9. The van der Waals surface area contributed by atoms with Gasteiger partial charge in [-0.3, -0.25) is 9.79 Å². The van der Waals surface area contributed by atoms with E-state index in [9.17, 15) is 4.79 Å². The molecule has 196 valence electrons. The van der Waals surface area contributed by atoms with E-state index in [4.69, 9.17) is 28.2 Å². The number of allylic oxidation sites excluding steroid dienone is 1. The summed E-state index contributed by atoms with van der Waals surface area (Å²) < 4.78 is 0. The molecule has 1 unspecified atom stereocenters. The number of carbonyl (C=O) groups is 1. The van der Waals surface area contributed by atoms with Gasteiger partial charge in [-0.2, -0.15) is 0 Å². The van der Waals surface area contributed by atoms with Gasteiger partial charge in [-0.15, -0.1) is 0 Å². The van der Waals surface area contributed by atoms with Crippen LogP contribution >= 0.6 is 23.2 Å². The second-order valence-corrected chi connectivity index (χ2v) is 10.4. The van der Waals surface area contributed by atoms with E-state index in [1.54, 1.807) is 6.07 Å². The number of rotatable bonds is 8. The molecular weight excluding hydrogens is 525 g/mol. The maximum absolute atomic E-state index is 13.7. The standard InChI is InChI=1S/C33H29Cl2N3O/c1-22-30(33(39)36-18-17-29(23-11-5-2-6-12-23)24-13-7-3-8-14-24)31(26-19-27(34)21-28(35)20-26)38-32(37-22)25-15-9-4-10-16-25/h2-16,19-21,29,31H,17-18H2,1H3,(H,36,39)(H,37,38). The Morgan fingerprint density at radius 1 is 0.846 bits per heavy atom. The Hall–Kier alpha value is -3.86. The minimum absolute atomic E-state index is 0.164. The Labute approximate surface area is 239 Å². The monoisotopic (exact) mass is 553 g/mol. The molecule has 0 saturated carbocycles. The third kappa shape index (κ3) is 6.42. The molecule has 4 aromatic rings. The zero-order valence-corrected chi connectivity index (χ0v) is 23.1. The summed E-state index contributed by atoms with van der Waals surface area (Å²) in [5.74, 6) is 0.688. The third-order valence-electron chi connectivity index (χ3n) is 6.86. The number of hydrogen-bond donors (Lipinski definition) is 2. The normalized spacial score (nSPS) is 15.1. The van der Waals surface area contributed by atoms with Gasteiger partial charge in [-0.25, -0.2) is 0 Å². The summed E-state index contributed by atoms with van der Waals surface area (Å²) in [5, 5.41) is 7.51. The summed E-state index contributed by atoms with van der Waals surface area (Å²) in [6, 6.07) is 35.4. The summed E-state index contributed by atoms with van der Waals surface area (Å²) in [6.07, 6.45) is 0.756. The zero-order valence-electron chi connectivity index (χ0n) is 21.6. The highest BCUT2D eigenvalue weighted by Gasteiger charge is 2.30. The number of carbonyl (C=O) groups excluding carboxylic acids is 1. The first kappa shape index (κ1) is 26.7. The van der Waals surface area contributed by atoms with Gasteiger partial charge in [0.1, 0.15) is 11.9 Å². The number of nitrogens with zero attached hydrogens (tertiary/aromatic N) is 1. The fourth-order valence-corrected chi connectivity index (χ4v) is 5.55. The Balaban J connectivity index is 1.40. The Kier molecular flexibility index (Phi) is 8.45. The number of benzene rings is 4. The molecule has 6 heteroatoms. The first-order chi connectivity index (χ1) is 19.0. The van der Waals surface area contributed by atoms with Crippen LogP contribution < -0.4 is 10.6 Å². The van der Waals surface area contributed by atoms with Crippen LogP contribution in [0.1, 0.15) is 47.6 Å². The van der Waals surface area contributed by atoms with E-state index in [2.05, 4.69) is 59.2 Å². The average Bonchev–Trinajstić information content (AvgIpc) is 2.95. The predicted octanol–water partition coefficient (Wildman–Crippen LogP) is 7.70. The van der Waals surface area contributed by atoms with Crippen molar-refractivity contribution in [2.45, 2.75) is 25.3 Å². The van der Waals surface area contributed by atoms with Crippen molar-refractivity contribution >= 4 is 34.9 Å². The lowest BCUT2D eigenvalue weighted by Gasteiger charge is -2.27. The molecule has 1 atom stereocenters. The van der Waals surface area contributed by atoms with Gasteiger partial charge in [0, 0.05) is 33.8 Å². The topological polar surface area (TPSA) is 53.5 Å². The summed E-state index contributed by atoms with van der Waals surface area (Å²) in [6.45, 7) is 2.41. The molecule has 5 rings (SSSR count). The summed E-state index contributed by atoms with van der Waals surface area (Å²) in [4.78, 5) is 18.7. The number of amides is 1. The minimum atomic E-state index is -0.559. The Morgan fingerprint density at radius 2 is 1.38 bits per heavy atom. The highest BCUT2D eigenvalue weighted by molar-refractivity contribution is 6.34. The molecule has 0 bridgehead atoms. The lowest BCUT2D eigenvalue weighted by Crippen LogP contribution is -2.37. The number of aliphatic imine (C=N–C) groups is 1. The number of amidine groups is 1. The summed E-state index contributed by atoms with van der Waals surface area (Å²) >= 11 is 12.7. The molecule has 1 aliphatic rings. The second kappa shape index (κ2) is 12.3. The molecule has 1 amide bonds. The maximum atomic E-state index is 13.7. The molecule has 0 aromatic heterocycles. The number of halogens is 2. The Bertz CT molecular complexity index is 1440. The molecule has 4 aromatic carbocycles. The second-order valence-electron chi connectivity index (χ2n) is 9.53. The lowest BCUT2D eigenvalue weighted by molar-refractivity contribution is -0.117. The van der Waals surface area contributed by atoms with E-state index in [1.807, 2.05) is 61.5 Å². The van der Waals surface area contributed by atoms with Crippen molar-refractivity contribution in [2.75, 3.05) is 6.54 Å². The van der Waals surface area contributed by atoms with Gasteiger partial charge < -0.3 is 10.6 Å². The van der Waals surface area contributed by atoms with Gasteiger partial charge in [0.15, 0.2) is 0 Å². The maximum Gasteiger partial charge on any atom is 0.251 e. The molecular formula is C33H29Cl2N3O. The highest BCUT2D eigenvalue weighted by Crippen LogP contribution is 2.35. The van der Waals surface area contributed by atoms with Crippen LogP contribution in [0.25, 0.3) is 0 Å². The van der Waals surface area contributed by atoms with Gasteiger partial charge in [0.05, 0.1) is 5.57 Å².